The van der Waals surface area contributed by atoms with Crippen LogP contribution in [0.3, 0.4) is 0 Å². The molecule has 0 aliphatic carbocycles. The van der Waals surface area contributed by atoms with Gasteiger partial charge in [-0.15, -0.1) is 5.10 Å². The van der Waals surface area contributed by atoms with Gasteiger partial charge in [-0.05, 0) is 62.4 Å². The molecule has 1 aromatic carbocycles. The van der Waals surface area contributed by atoms with Crippen molar-refractivity contribution in [3.8, 4) is 17.2 Å². The standard InChI is InChI=1S/C23H19F3N8/c1-3-34-19(12-20(32-34)23(24,25)26)16-5-4-6-22(29-16)33-13-27-17-11-15(8-9-18(17)33)28-21-10-7-14(2)30-31-21/h4-13H,3H2,1-2H3,(H,28,31). The number of hydrogen-bond acceptors (Lipinski definition) is 6. The number of benzene rings is 1. The van der Waals surface area contributed by atoms with Crippen molar-refractivity contribution in [2.45, 2.75) is 26.6 Å². The van der Waals surface area contributed by atoms with Crippen LogP contribution < -0.4 is 5.32 Å². The number of anilines is 2. The highest BCUT2D eigenvalue weighted by Crippen LogP contribution is 2.32. The van der Waals surface area contributed by atoms with Crippen LogP contribution in [0.5, 0.6) is 0 Å². The topological polar surface area (TPSA) is 86.3 Å². The van der Waals surface area contributed by atoms with Crippen LogP contribution in [0.4, 0.5) is 24.7 Å². The highest BCUT2D eigenvalue weighted by molar-refractivity contribution is 5.82. The number of nitrogens with zero attached hydrogens (tertiary/aromatic N) is 7. The third-order valence-corrected chi connectivity index (χ3v) is 5.23. The van der Waals surface area contributed by atoms with Gasteiger partial charge < -0.3 is 5.32 Å². The minimum atomic E-state index is -4.52. The van der Waals surface area contributed by atoms with E-state index in [0.29, 0.717) is 23.0 Å². The Morgan fingerprint density at radius 2 is 1.85 bits per heavy atom. The first-order valence-corrected chi connectivity index (χ1v) is 10.5. The third kappa shape index (κ3) is 4.07. The Morgan fingerprint density at radius 1 is 1.00 bits per heavy atom. The Bertz CT molecular complexity index is 1470. The molecule has 0 spiro atoms. The Labute approximate surface area is 192 Å². The van der Waals surface area contributed by atoms with Gasteiger partial charge >= 0.3 is 6.18 Å². The number of rotatable bonds is 5. The van der Waals surface area contributed by atoms with E-state index in [9.17, 15) is 13.2 Å². The molecule has 11 heteroatoms. The number of pyridine rings is 1. The third-order valence-electron chi connectivity index (χ3n) is 5.23. The second kappa shape index (κ2) is 8.25. The summed E-state index contributed by atoms with van der Waals surface area (Å²) in [4.78, 5) is 9.06. The number of aryl methyl sites for hydroxylation is 2. The molecule has 0 aliphatic heterocycles. The van der Waals surface area contributed by atoms with Crippen LogP contribution in [0, 0.1) is 6.92 Å². The van der Waals surface area contributed by atoms with Gasteiger partial charge in [0.2, 0.25) is 0 Å². The quantitative estimate of drug-likeness (QED) is 0.387. The minimum Gasteiger partial charge on any atom is -0.339 e. The summed E-state index contributed by atoms with van der Waals surface area (Å²) in [5.74, 6) is 1.15. The van der Waals surface area contributed by atoms with Gasteiger partial charge in [0.05, 0.1) is 28.1 Å². The lowest BCUT2D eigenvalue weighted by Crippen LogP contribution is -2.07. The Balaban J connectivity index is 1.48. The van der Waals surface area contributed by atoms with Gasteiger partial charge in [-0.25, -0.2) is 9.97 Å². The van der Waals surface area contributed by atoms with Gasteiger partial charge in [0.25, 0.3) is 0 Å². The normalized spacial score (nSPS) is 11.8. The molecule has 0 amide bonds. The van der Waals surface area contributed by atoms with Gasteiger partial charge in [0.1, 0.15) is 12.1 Å². The molecule has 4 heterocycles. The first-order chi connectivity index (χ1) is 16.3. The predicted octanol–water partition coefficient (Wildman–Crippen LogP) is 5.16. The van der Waals surface area contributed by atoms with Crippen molar-refractivity contribution in [1.29, 1.82) is 0 Å². The van der Waals surface area contributed by atoms with Crippen molar-refractivity contribution in [2.24, 2.45) is 0 Å². The summed E-state index contributed by atoms with van der Waals surface area (Å²) in [5, 5.41) is 15.0. The summed E-state index contributed by atoms with van der Waals surface area (Å²) in [7, 11) is 0. The molecule has 5 rings (SSSR count). The number of aromatic nitrogens is 7. The van der Waals surface area contributed by atoms with Crippen LogP contribution in [0.15, 0.2) is 60.9 Å². The molecule has 5 aromatic rings. The zero-order valence-electron chi connectivity index (χ0n) is 18.2. The summed E-state index contributed by atoms with van der Waals surface area (Å²) < 4.78 is 42.6. The van der Waals surface area contributed by atoms with Crippen molar-refractivity contribution in [3.63, 3.8) is 0 Å². The predicted molar refractivity (Wildman–Crippen MR) is 121 cm³/mol. The molecule has 0 saturated carbocycles. The molecule has 4 aromatic heterocycles. The van der Waals surface area contributed by atoms with Crippen LogP contribution in [-0.2, 0) is 12.7 Å². The number of halogens is 3. The second-order valence-corrected chi connectivity index (χ2v) is 7.61. The number of fused-ring (bicyclic) bond motifs is 1. The molecule has 1 N–H and O–H groups in total. The summed E-state index contributed by atoms with van der Waals surface area (Å²) in [6, 6.07) is 15.6. The maximum atomic E-state index is 13.2. The zero-order chi connectivity index (χ0) is 23.9. The van der Waals surface area contributed by atoms with Crippen molar-refractivity contribution >= 4 is 22.5 Å². The number of hydrogen-bond donors (Lipinski definition) is 1. The van der Waals surface area contributed by atoms with Crippen molar-refractivity contribution in [2.75, 3.05) is 5.32 Å². The highest BCUT2D eigenvalue weighted by Gasteiger charge is 2.35. The largest absolute Gasteiger partial charge is 0.435 e. The molecule has 0 bridgehead atoms. The van der Waals surface area contributed by atoms with E-state index >= 15 is 0 Å². The smallest absolute Gasteiger partial charge is 0.339 e. The Kier molecular flexibility index (Phi) is 5.23. The molecule has 0 saturated heterocycles. The summed E-state index contributed by atoms with van der Waals surface area (Å²) in [6.07, 6.45) is -2.90. The molecule has 8 nitrogen and oxygen atoms in total. The second-order valence-electron chi connectivity index (χ2n) is 7.61. The lowest BCUT2D eigenvalue weighted by molar-refractivity contribution is -0.141. The maximum absolute atomic E-state index is 13.2. The van der Waals surface area contributed by atoms with E-state index in [1.807, 2.05) is 37.3 Å². The fraction of sp³-hybridized carbons (Fsp3) is 0.174. The molecular formula is C23H19F3N8. The van der Waals surface area contributed by atoms with Crippen molar-refractivity contribution in [1.82, 2.24) is 34.5 Å². The summed E-state index contributed by atoms with van der Waals surface area (Å²) in [5.41, 5.74) is 2.88. The fourth-order valence-electron chi connectivity index (χ4n) is 3.59. The average Bonchev–Trinajstić information content (AvgIpc) is 3.45. The fourth-order valence-corrected chi connectivity index (χ4v) is 3.59. The molecule has 0 aliphatic rings. The zero-order valence-corrected chi connectivity index (χ0v) is 18.2. The van der Waals surface area contributed by atoms with Gasteiger partial charge in [-0.3, -0.25) is 9.25 Å². The average molecular weight is 464 g/mol. The summed E-state index contributed by atoms with van der Waals surface area (Å²) >= 11 is 0. The minimum absolute atomic E-state index is 0.284. The van der Waals surface area contributed by atoms with Crippen molar-refractivity contribution in [3.05, 3.63) is 72.3 Å². The van der Waals surface area contributed by atoms with Gasteiger partial charge in [-0.1, -0.05) is 6.07 Å². The molecule has 0 fully saturated rings. The first-order valence-electron chi connectivity index (χ1n) is 10.5. The van der Waals surface area contributed by atoms with E-state index in [0.717, 1.165) is 28.5 Å². The lowest BCUT2D eigenvalue weighted by Gasteiger charge is -2.08. The monoisotopic (exact) mass is 464 g/mol. The first kappa shape index (κ1) is 21.6. The summed E-state index contributed by atoms with van der Waals surface area (Å²) in [6.45, 7) is 3.88. The molecular weight excluding hydrogens is 445 g/mol. The van der Waals surface area contributed by atoms with Crippen LogP contribution in [0.25, 0.3) is 28.2 Å². The molecule has 0 atom stereocenters. The van der Waals surface area contributed by atoms with E-state index in [2.05, 4.69) is 30.6 Å². The number of imidazole rings is 1. The maximum Gasteiger partial charge on any atom is 0.435 e. The van der Waals surface area contributed by atoms with E-state index in [4.69, 9.17) is 0 Å². The van der Waals surface area contributed by atoms with E-state index in [1.54, 1.807) is 36.0 Å². The Hall–Kier alpha value is -4.28. The molecule has 172 valence electrons. The van der Waals surface area contributed by atoms with Crippen molar-refractivity contribution < 1.29 is 13.2 Å². The van der Waals surface area contributed by atoms with Crippen LogP contribution in [0.2, 0.25) is 0 Å². The number of alkyl halides is 3. The van der Waals surface area contributed by atoms with Crippen LogP contribution >= 0.6 is 0 Å². The van der Waals surface area contributed by atoms with E-state index in [-0.39, 0.29) is 6.54 Å². The SMILES string of the molecule is CCn1nc(C(F)(F)F)cc1-c1cccc(-n2cnc3cc(Nc4ccc(C)nn4)ccc32)n1. The lowest BCUT2D eigenvalue weighted by atomic mass is 10.2. The molecule has 0 unspecified atom stereocenters. The number of nitrogens with one attached hydrogen (secondary N) is 1. The van der Waals surface area contributed by atoms with Crippen LogP contribution in [0.1, 0.15) is 18.3 Å². The highest BCUT2D eigenvalue weighted by atomic mass is 19.4. The van der Waals surface area contributed by atoms with E-state index < -0.39 is 11.9 Å². The molecule has 0 radical (unpaired) electrons. The molecule has 34 heavy (non-hydrogen) atoms. The Morgan fingerprint density at radius 3 is 2.59 bits per heavy atom. The van der Waals surface area contributed by atoms with Gasteiger partial charge in [-0.2, -0.15) is 23.4 Å². The van der Waals surface area contributed by atoms with E-state index in [1.165, 1.54) is 4.68 Å². The van der Waals surface area contributed by atoms with Gasteiger partial charge in [0, 0.05) is 12.2 Å². The van der Waals surface area contributed by atoms with Crippen LogP contribution in [-0.4, -0.2) is 34.5 Å². The van der Waals surface area contributed by atoms with Gasteiger partial charge in [0.15, 0.2) is 11.5 Å².